The predicted octanol–water partition coefficient (Wildman–Crippen LogP) is 4.12. The summed E-state index contributed by atoms with van der Waals surface area (Å²) in [7, 11) is 0. The molecule has 0 aliphatic heterocycles. The summed E-state index contributed by atoms with van der Waals surface area (Å²) in [4.78, 5) is 22.2. The number of carboxylic acids is 2. The first-order chi connectivity index (χ1) is 10.4. The van der Waals surface area contributed by atoms with Gasteiger partial charge in [-0.3, -0.25) is 0 Å². The van der Waals surface area contributed by atoms with Crippen LogP contribution in [0, 0.1) is 13.8 Å². The Morgan fingerprint density at radius 1 is 0.773 bits per heavy atom. The van der Waals surface area contributed by atoms with Crippen molar-refractivity contribution in [3.8, 4) is 0 Å². The fourth-order valence-electron chi connectivity index (χ4n) is 2.03. The zero-order valence-corrected chi connectivity index (χ0v) is 12.1. The molecule has 0 aliphatic carbocycles. The van der Waals surface area contributed by atoms with Gasteiger partial charge in [-0.2, -0.15) is 10.2 Å². The number of hydrogen-bond donors (Lipinski definition) is 2. The third-order valence-corrected chi connectivity index (χ3v) is 3.34. The first-order valence-corrected chi connectivity index (χ1v) is 6.49. The summed E-state index contributed by atoms with van der Waals surface area (Å²) in [5, 5.41) is 26.3. The van der Waals surface area contributed by atoms with Crippen molar-refractivity contribution in [1.29, 1.82) is 0 Å². The van der Waals surface area contributed by atoms with Gasteiger partial charge in [0.1, 0.15) is 0 Å². The molecule has 0 amide bonds. The quantitative estimate of drug-likeness (QED) is 0.829. The third kappa shape index (κ3) is 3.01. The van der Waals surface area contributed by atoms with Gasteiger partial charge in [0.05, 0.1) is 22.5 Å². The second-order valence-electron chi connectivity index (χ2n) is 4.71. The Labute approximate surface area is 126 Å². The molecule has 0 aliphatic rings. The zero-order chi connectivity index (χ0) is 16.3. The van der Waals surface area contributed by atoms with E-state index >= 15 is 0 Å². The van der Waals surface area contributed by atoms with Crippen LogP contribution in [0.2, 0.25) is 0 Å². The van der Waals surface area contributed by atoms with Gasteiger partial charge in [0.15, 0.2) is 0 Å². The minimum Gasteiger partial charge on any atom is -0.478 e. The highest BCUT2D eigenvalue weighted by atomic mass is 16.4. The third-order valence-electron chi connectivity index (χ3n) is 3.34. The second-order valence-corrected chi connectivity index (χ2v) is 4.71. The number of rotatable bonds is 4. The summed E-state index contributed by atoms with van der Waals surface area (Å²) in [6.45, 7) is 3.30. The van der Waals surface area contributed by atoms with E-state index in [1.54, 1.807) is 38.1 Å². The van der Waals surface area contributed by atoms with Gasteiger partial charge in [-0.15, -0.1) is 0 Å². The van der Waals surface area contributed by atoms with E-state index in [0.29, 0.717) is 22.5 Å². The van der Waals surface area contributed by atoms with Crippen molar-refractivity contribution in [1.82, 2.24) is 0 Å². The first kappa shape index (κ1) is 15.4. The van der Waals surface area contributed by atoms with Gasteiger partial charge in [0.25, 0.3) is 0 Å². The standard InChI is InChI=1S/C16H14N2O4/c1-9-11(15(19)20)5-3-7-13(9)17-18-14-8-4-6-12(10(14)2)16(21)22/h3-8H,1-2H3,(H,19,20)(H,21,22). The van der Waals surface area contributed by atoms with E-state index in [4.69, 9.17) is 10.2 Å². The van der Waals surface area contributed by atoms with Gasteiger partial charge in [-0.1, -0.05) is 12.1 Å². The molecule has 2 N–H and O–H groups in total. The number of hydrogen-bond acceptors (Lipinski definition) is 4. The maximum absolute atomic E-state index is 11.1. The molecule has 0 bridgehead atoms. The van der Waals surface area contributed by atoms with E-state index in [1.165, 1.54) is 12.1 Å². The lowest BCUT2D eigenvalue weighted by atomic mass is 10.1. The SMILES string of the molecule is Cc1c(N=Nc2cccc(C(=O)O)c2C)cccc1C(=O)O. The topological polar surface area (TPSA) is 99.3 Å². The maximum atomic E-state index is 11.1. The molecular weight excluding hydrogens is 284 g/mol. The van der Waals surface area contributed by atoms with Gasteiger partial charge >= 0.3 is 11.9 Å². The number of carboxylic acid groups (broad SMARTS) is 2. The van der Waals surface area contributed by atoms with E-state index in [2.05, 4.69) is 10.2 Å². The monoisotopic (exact) mass is 298 g/mol. The minimum absolute atomic E-state index is 0.160. The number of azo groups is 1. The number of aromatic carboxylic acids is 2. The Hall–Kier alpha value is -3.02. The molecule has 2 aromatic carbocycles. The fourth-order valence-corrected chi connectivity index (χ4v) is 2.03. The van der Waals surface area contributed by atoms with E-state index in [-0.39, 0.29) is 11.1 Å². The van der Waals surface area contributed by atoms with Crippen molar-refractivity contribution in [2.24, 2.45) is 10.2 Å². The Kier molecular flexibility index (Phi) is 4.31. The number of nitrogens with zero attached hydrogens (tertiary/aromatic N) is 2. The molecule has 0 fully saturated rings. The molecule has 22 heavy (non-hydrogen) atoms. The molecule has 112 valence electrons. The number of benzene rings is 2. The van der Waals surface area contributed by atoms with Gasteiger partial charge in [0, 0.05) is 0 Å². The first-order valence-electron chi connectivity index (χ1n) is 6.49. The summed E-state index contributed by atoms with van der Waals surface area (Å²) in [5.74, 6) is -2.06. The Morgan fingerprint density at radius 2 is 1.14 bits per heavy atom. The largest absolute Gasteiger partial charge is 0.478 e. The smallest absolute Gasteiger partial charge is 0.336 e. The highest BCUT2D eigenvalue weighted by molar-refractivity contribution is 5.91. The lowest BCUT2D eigenvalue weighted by molar-refractivity contribution is 0.0685. The summed E-state index contributed by atoms with van der Waals surface area (Å²) < 4.78 is 0. The van der Waals surface area contributed by atoms with Crippen molar-refractivity contribution in [3.63, 3.8) is 0 Å². The van der Waals surface area contributed by atoms with E-state index in [9.17, 15) is 9.59 Å². The lowest BCUT2D eigenvalue weighted by Crippen LogP contribution is -1.99. The second kappa shape index (κ2) is 6.17. The number of carbonyl (C=O) groups is 2. The Morgan fingerprint density at radius 3 is 1.45 bits per heavy atom. The highest BCUT2D eigenvalue weighted by Crippen LogP contribution is 2.27. The van der Waals surface area contributed by atoms with Crippen molar-refractivity contribution in [3.05, 3.63) is 58.7 Å². The van der Waals surface area contributed by atoms with Crippen LogP contribution in [0.25, 0.3) is 0 Å². The van der Waals surface area contributed by atoms with Crippen LogP contribution in [0.5, 0.6) is 0 Å². The summed E-state index contributed by atoms with van der Waals surface area (Å²) in [6.07, 6.45) is 0. The molecule has 0 atom stereocenters. The molecule has 2 aromatic rings. The molecule has 2 rings (SSSR count). The normalized spacial score (nSPS) is 10.8. The van der Waals surface area contributed by atoms with Gasteiger partial charge in [0.2, 0.25) is 0 Å². The average molecular weight is 298 g/mol. The lowest BCUT2D eigenvalue weighted by Gasteiger charge is -2.05. The molecule has 0 saturated heterocycles. The van der Waals surface area contributed by atoms with Crippen LogP contribution in [0.3, 0.4) is 0 Å². The van der Waals surface area contributed by atoms with E-state index in [0.717, 1.165) is 0 Å². The van der Waals surface area contributed by atoms with Gasteiger partial charge < -0.3 is 10.2 Å². The van der Waals surface area contributed by atoms with E-state index in [1.807, 2.05) is 0 Å². The molecule has 6 nitrogen and oxygen atoms in total. The molecule has 0 unspecified atom stereocenters. The summed E-state index contributed by atoms with van der Waals surface area (Å²) >= 11 is 0. The summed E-state index contributed by atoms with van der Waals surface area (Å²) in [6, 6.07) is 9.47. The van der Waals surface area contributed by atoms with Crippen molar-refractivity contribution in [2.45, 2.75) is 13.8 Å². The molecule has 0 radical (unpaired) electrons. The minimum atomic E-state index is -1.03. The summed E-state index contributed by atoms with van der Waals surface area (Å²) in [5.41, 5.74) is 2.19. The molecule has 6 heteroatoms. The van der Waals surface area contributed by atoms with Crippen LogP contribution >= 0.6 is 0 Å². The molecule has 0 saturated carbocycles. The van der Waals surface area contributed by atoms with Crippen LogP contribution in [-0.4, -0.2) is 22.2 Å². The van der Waals surface area contributed by atoms with Crippen LogP contribution in [-0.2, 0) is 0 Å². The van der Waals surface area contributed by atoms with Gasteiger partial charge in [-0.05, 0) is 49.2 Å². The maximum Gasteiger partial charge on any atom is 0.336 e. The van der Waals surface area contributed by atoms with Crippen LogP contribution in [0.4, 0.5) is 11.4 Å². The van der Waals surface area contributed by atoms with Crippen LogP contribution in [0.15, 0.2) is 46.6 Å². The van der Waals surface area contributed by atoms with Crippen LogP contribution in [0.1, 0.15) is 31.8 Å². The van der Waals surface area contributed by atoms with Crippen molar-refractivity contribution in [2.75, 3.05) is 0 Å². The molecule has 0 aromatic heterocycles. The van der Waals surface area contributed by atoms with Crippen molar-refractivity contribution < 1.29 is 19.8 Å². The average Bonchev–Trinajstić information content (AvgIpc) is 2.46. The van der Waals surface area contributed by atoms with Crippen LogP contribution < -0.4 is 0 Å². The highest BCUT2D eigenvalue weighted by Gasteiger charge is 2.11. The molecule has 0 heterocycles. The Balaban J connectivity index is 2.42. The molecule has 0 spiro atoms. The Bertz CT molecular complexity index is 716. The van der Waals surface area contributed by atoms with Gasteiger partial charge in [-0.25, -0.2) is 9.59 Å². The zero-order valence-electron chi connectivity index (χ0n) is 12.1. The fraction of sp³-hybridized carbons (Fsp3) is 0.125. The molecular formula is C16H14N2O4. The predicted molar refractivity (Wildman–Crippen MR) is 80.5 cm³/mol. The van der Waals surface area contributed by atoms with Crippen molar-refractivity contribution >= 4 is 23.3 Å². The van der Waals surface area contributed by atoms with E-state index < -0.39 is 11.9 Å².